The van der Waals surface area contributed by atoms with Crippen LogP contribution in [-0.4, -0.2) is 6.61 Å². The number of nitriles is 1. The third-order valence-corrected chi connectivity index (χ3v) is 2.21. The lowest BCUT2D eigenvalue weighted by atomic mass is 10.2. The number of rotatable bonds is 8. The highest BCUT2D eigenvalue weighted by atomic mass is 19.1. The Bertz CT molecular complexity index is 396. The summed E-state index contributed by atoms with van der Waals surface area (Å²) in [5.74, 6) is 0.534. The van der Waals surface area contributed by atoms with Crippen LogP contribution in [0.25, 0.3) is 0 Å². The topological polar surface area (TPSA) is 33.0 Å². The van der Waals surface area contributed by atoms with Gasteiger partial charge in [-0.15, -0.1) is 0 Å². The van der Waals surface area contributed by atoms with Crippen LogP contribution in [0.3, 0.4) is 0 Å². The van der Waals surface area contributed by atoms with E-state index in [1.165, 1.54) is 12.5 Å². The zero-order valence-electron chi connectivity index (χ0n) is 13.8. The van der Waals surface area contributed by atoms with Crippen LogP contribution in [0.15, 0.2) is 48.0 Å². The highest BCUT2D eigenvalue weighted by Gasteiger charge is 1.94. The van der Waals surface area contributed by atoms with Crippen molar-refractivity contribution in [2.45, 2.75) is 53.4 Å². The normalized spacial score (nSPS) is 11.6. The summed E-state index contributed by atoms with van der Waals surface area (Å²) >= 11 is 0. The van der Waals surface area contributed by atoms with Gasteiger partial charge in [0.1, 0.15) is 5.76 Å². The second-order valence-electron chi connectivity index (χ2n) is 4.51. The van der Waals surface area contributed by atoms with Gasteiger partial charge in [0.15, 0.2) is 0 Å². The van der Waals surface area contributed by atoms with E-state index < -0.39 is 0 Å². The number of nitrogens with zero attached hydrogens (tertiary/aromatic N) is 1. The van der Waals surface area contributed by atoms with Crippen molar-refractivity contribution in [3.05, 3.63) is 48.0 Å². The Morgan fingerprint density at radius 2 is 1.81 bits per heavy atom. The molecule has 0 aromatic rings. The highest BCUT2D eigenvalue weighted by molar-refractivity contribution is 5.13. The molecule has 0 unspecified atom stereocenters. The number of hydrogen-bond donors (Lipinski definition) is 0. The van der Waals surface area contributed by atoms with Crippen LogP contribution >= 0.6 is 0 Å². The fourth-order valence-corrected chi connectivity index (χ4v) is 1.38. The smallest absolute Gasteiger partial charge is 0.115 e. The van der Waals surface area contributed by atoms with Gasteiger partial charge in [0, 0.05) is 6.42 Å². The van der Waals surface area contributed by atoms with Crippen molar-refractivity contribution in [1.29, 1.82) is 5.26 Å². The summed E-state index contributed by atoms with van der Waals surface area (Å²) in [5, 5.41) is 8.45. The van der Waals surface area contributed by atoms with Gasteiger partial charge in [-0.25, -0.2) is 4.39 Å². The minimum atomic E-state index is -0.333. The van der Waals surface area contributed by atoms with Gasteiger partial charge in [-0.3, -0.25) is 0 Å². The molecule has 0 saturated heterocycles. The van der Waals surface area contributed by atoms with Gasteiger partial charge in [0.25, 0.3) is 0 Å². The van der Waals surface area contributed by atoms with E-state index >= 15 is 0 Å². The van der Waals surface area contributed by atoms with Gasteiger partial charge in [-0.1, -0.05) is 38.2 Å². The molecular weight excluding hydrogens is 265 g/mol. The molecule has 0 amide bonds. The molecule has 21 heavy (non-hydrogen) atoms. The maximum absolute atomic E-state index is 10.8. The Kier molecular flexibility index (Phi) is 16.6. The Labute approximate surface area is 129 Å². The summed E-state index contributed by atoms with van der Waals surface area (Å²) in [4.78, 5) is 0. The van der Waals surface area contributed by atoms with E-state index in [0.717, 1.165) is 25.0 Å². The molecule has 0 radical (unpaired) electrons. The fraction of sp³-hybridized carbons (Fsp3) is 0.500. The summed E-state index contributed by atoms with van der Waals surface area (Å²) in [5.41, 5.74) is 1.37. The van der Waals surface area contributed by atoms with Crippen molar-refractivity contribution in [2.75, 3.05) is 6.61 Å². The van der Waals surface area contributed by atoms with Gasteiger partial charge < -0.3 is 4.74 Å². The van der Waals surface area contributed by atoms with Gasteiger partial charge in [-0.05, 0) is 38.8 Å². The number of allylic oxidation sites excluding steroid dienone is 5. The molecule has 0 spiro atoms. The molecule has 0 rings (SSSR count). The molecule has 0 N–H and O–H groups in total. The molecule has 0 fully saturated rings. The molecular formula is C18H28FNO. The monoisotopic (exact) mass is 293 g/mol. The minimum Gasteiger partial charge on any atom is -0.494 e. The molecule has 0 aliphatic carbocycles. The SMILES string of the molecule is C=C(C)F.CC/C=C(\C)CCOC(/C=C\CC#N)=C/CC. The van der Waals surface area contributed by atoms with Gasteiger partial charge in [0.05, 0.1) is 24.9 Å². The standard InChI is InChI=1S/C15H23NO.C3H5F/c1-4-8-14(3)11-13-17-15(9-5-2)10-6-7-12-16;1-3(2)4/h6,8-10H,4-5,7,11,13H2,1-3H3;1H2,2H3/b10-6-,14-8+,15-9+;. The second-order valence-corrected chi connectivity index (χ2v) is 4.51. The van der Waals surface area contributed by atoms with E-state index in [9.17, 15) is 4.39 Å². The number of ether oxygens (including phenoxy) is 1. The summed E-state index contributed by atoms with van der Waals surface area (Å²) in [6.45, 7) is 11.2. The highest BCUT2D eigenvalue weighted by Crippen LogP contribution is 2.07. The first-order valence-electron chi connectivity index (χ1n) is 7.30. The lowest BCUT2D eigenvalue weighted by Crippen LogP contribution is -1.94. The third kappa shape index (κ3) is 20.7. The van der Waals surface area contributed by atoms with Crippen molar-refractivity contribution in [3.8, 4) is 6.07 Å². The third-order valence-electron chi connectivity index (χ3n) is 2.21. The van der Waals surface area contributed by atoms with Crippen LogP contribution in [0.4, 0.5) is 4.39 Å². The summed E-state index contributed by atoms with van der Waals surface area (Å²) in [7, 11) is 0. The van der Waals surface area contributed by atoms with Gasteiger partial charge in [-0.2, -0.15) is 5.26 Å². The first-order valence-corrected chi connectivity index (χ1v) is 7.30. The maximum atomic E-state index is 10.8. The van der Waals surface area contributed by atoms with Gasteiger partial charge in [0.2, 0.25) is 0 Å². The molecule has 0 saturated carbocycles. The second kappa shape index (κ2) is 16.2. The quantitative estimate of drug-likeness (QED) is 0.312. The first kappa shape index (κ1) is 21.5. The van der Waals surface area contributed by atoms with Crippen molar-refractivity contribution in [2.24, 2.45) is 0 Å². The molecule has 0 aliphatic rings. The van der Waals surface area contributed by atoms with Crippen molar-refractivity contribution < 1.29 is 9.13 Å². The molecule has 3 heteroatoms. The van der Waals surface area contributed by atoms with E-state index in [0.29, 0.717) is 13.0 Å². The summed E-state index contributed by atoms with van der Waals surface area (Å²) < 4.78 is 16.5. The zero-order chi connectivity index (χ0) is 16.5. The summed E-state index contributed by atoms with van der Waals surface area (Å²) in [6, 6.07) is 2.08. The molecule has 0 aromatic carbocycles. The molecule has 0 heterocycles. The maximum Gasteiger partial charge on any atom is 0.115 e. The van der Waals surface area contributed by atoms with E-state index in [4.69, 9.17) is 10.00 Å². The van der Waals surface area contributed by atoms with Crippen LogP contribution < -0.4 is 0 Å². The predicted octanol–water partition coefficient (Wildman–Crippen LogP) is 6.00. The van der Waals surface area contributed by atoms with Crippen molar-refractivity contribution in [1.82, 2.24) is 0 Å². The van der Waals surface area contributed by atoms with Gasteiger partial charge >= 0.3 is 0 Å². The predicted molar refractivity (Wildman–Crippen MR) is 88.3 cm³/mol. The molecule has 0 bridgehead atoms. The van der Waals surface area contributed by atoms with Crippen molar-refractivity contribution >= 4 is 0 Å². The molecule has 2 nitrogen and oxygen atoms in total. The molecule has 0 aromatic heterocycles. The number of halogens is 1. The first-order chi connectivity index (χ1) is 9.97. The molecule has 0 aliphatic heterocycles. The van der Waals surface area contributed by atoms with E-state index in [1.807, 2.05) is 18.2 Å². The molecule has 118 valence electrons. The fourth-order valence-electron chi connectivity index (χ4n) is 1.38. The average molecular weight is 293 g/mol. The average Bonchev–Trinajstić information content (AvgIpc) is 2.38. The van der Waals surface area contributed by atoms with E-state index in [-0.39, 0.29) is 5.83 Å². The van der Waals surface area contributed by atoms with Crippen LogP contribution in [0, 0.1) is 11.3 Å². The lowest BCUT2D eigenvalue weighted by molar-refractivity contribution is 0.227. The Morgan fingerprint density at radius 3 is 2.29 bits per heavy atom. The van der Waals surface area contributed by atoms with Crippen LogP contribution in [0.2, 0.25) is 0 Å². The molecule has 0 atom stereocenters. The number of hydrogen-bond acceptors (Lipinski definition) is 2. The lowest BCUT2D eigenvalue weighted by Gasteiger charge is -2.07. The van der Waals surface area contributed by atoms with Crippen LogP contribution in [0.5, 0.6) is 0 Å². The largest absolute Gasteiger partial charge is 0.494 e. The van der Waals surface area contributed by atoms with E-state index in [2.05, 4.69) is 39.5 Å². The zero-order valence-corrected chi connectivity index (χ0v) is 13.8. The minimum absolute atomic E-state index is 0.333. The Hall–Kier alpha value is -1.82. The summed E-state index contributed by atoms with van der Waals surface area (Å²) in [6.07, 6.45) is 11.4. The van der Waals surface area contributed by atoms with Crippen LogP contribution in [-0.2, 0) is 4.74 Å². The Balaban J connectivity index is 0. The van der Waals surface area contributed by atoms with E-state index in [1.54, 1.807) is 0 Å². The van der Waals surface area contributed by atoms with Crippen LogP contribution in [0.1, 0.15) is 53.4 Å². The Morgan fingerprint density at radius 1 is 1.24 bits per heavy atom. The van der Waals surface area contributed by atoms with Crippen molar-refractivity contribution in [3.63, 3.8) is 0 Å².